The molecule has 2 N–H and O–H groups in total. The Kier molecular flexibility index (Phi) is 9.91. The van der Waals surface area contributed by atoms with E-state index in [-0.39, 0.29) is 18.4 Å². The minimum absolute atomic E-state index is 0.0294. The van der Waals surface area contributed by atoms with Gasteiger partial charge in [0.15, 0.2) is 18.1 Å². The van der Waals surface area contributed by atoms with Gasteiger partial charge in [0.1, 0.15) is 6.04 Å². The maximum atomic E-state index is 13.9. The average Bonchev–Trinajstić information content (AvgIpc) is 3.41. The molecule has 0 aliphatic carbocycles. The number of rotatable bonds is 11. The van der Waals surface area contributed by atoms with Crippen molar-refractivity contribution in [2.45, 2.75) is 64.1 Å². The summed E-state index contributed by atoms with van der Waals surface area (Å²) in [5, 5.41) is 11.8. The summed E-state index contributed by atoms with van der Waals surface area (Å²) in [5.41, 5.74) is 3.74. The lowest BCUT2D eigenvalue weighted by atomic mass is 9.94. The number of anilines is 2. The number of amides is 2. The van der Waals surface area contributed by atoms with Crippen LogP contribution < -0.4 is 20.1 Å². The number of nitrogens with one attached hydrogen (secondary N) is 2. The predicted molar refractivity (Wildman–Crippen MR) is 169 cm³/mol. The maximum Gasteiger partial charge on any atom is 0.260 e. The lowest BCUT2D eigenvalue weighted by molar-refractivity contribution is -0.134. The molecule has 43 heavy (non-hydrogen) atoms. The number of aryl methyl sites for hydroxylation is 1. The van der Waals surface area contributed by atoms with E-state index in [4.69, 9.17) is 19.6 Å². The van der Waals surface area contributed by atoms with Crippen LogP contribution in [0.1, 0.15) is 63.1 Å². The topological polar surface area (TPSA) is 111 Å². The largest absolute Gasteiger partial charge is 0.493 e. The van der Waals surface area contributed by atoms with Crippen LogP contribution in [0.3, 0.4) is 0 Å². The van der Waals surface area contributed by atoms with Crippen molar-refractivity contribution in [3.05, 3.63) is 64.9 Å². The van der Waals surface area contributed by atoms with Gasteiger partial charge in [-0.25, -0.2) is 4.68 Å². The van der Waals surface area contributed by atoms with Gasteiger partial charge >= 0.3 is 0 Å². The summed E-state index contributed by atoms with van der Waals surface area (Å²) in [7, 11) is 1.57. The number of allylic oxidation sites excluding steroid dienone is 1. The number of benzene rings is 2. The molecule has 10 nitrogen and oxygen atoms in total. The molecule has 0 spiro atoms. The Labute approximate surface area is 257 Å². The number of unbranched alkanes of at least 4 members (excludes halogenated alkanes) is 1. The van der Waals surface area contributed by atoms with E-state index in [2.05, 4.69) is 17.6 Å². The molecule has 1 saturated heterocycles. The summed E-state index contributed by atoms with van der Waals surface area (Å²) < 4.78 is 13.4. The number of carbonyl (C=O) groups excluding carboxylic acids is 2. The first-order valence-corrected chi connectivity index (χ1v) is 15.9. The van der Waals surface area contributed by atoms with Crippen molar-refractivity contribution >= 4 is 35.2 Å². The van der Waals surface area contributed by atoms with E-state index in [1.54, 1.807) is 29.6 Å². The summed E-state index contributed by atoms with van der Waals surface area (Å²) in [6, 6.07) is 12.7. The smallest absolute Gasteiger partial charge is 0.260 e. The van der Waals surface area contributed by atoms with Gasteiger partial charge in [-0.1, -0.05) is 43.3 Å². The Bertz CT molecular complexity index is 1500. The number of fused-ring (bicyclic) bond motifs is 1. The molecule has 2 aliphatic rings. The fourth-order valence-electron chi connectivity index (χ4n) is 5.37. The van der Waals surface area contributed by atoms with Crippen LogP contribution in [-0.2, 0) is 9.59 Å². The summed E-state index contributed by atoms with van der Waals surface area (Å²) in [6.07, 6.45) is 5.35. The molecule has 1 atom stereocenters. The van der Waals surface area contributed by atoms with Crippen LogP contribution in [0.15, 0.2) is 58.9 Å². The normalized spacial score (nSPS) is 16.4. The van der Waals surface area contributed by atoms with Gasteiger partial charge in [-0.15, -0.1) is 5.10 Å². The number of methoxy groups -OCH3 is 1. The lowest BCUT2D eigenvalue weighted by Gasteiger charge is -2.29. The molecule has 3 heterocycles. The quantitative estimate of drug-likeness (QED) is 0.209. The third-order valence-corrected chi connectivity index (χ3v) is 8.57. The van der Waals surface area contributed by atoms with Crippen molar-refractivity contribution in [3.8, 4) is 11.5 Å². The fraction of sp³-hybridized carbons (Fsp3) is 0.438. The Morgan fingerprint density at radius 1 is 1.09 bits per heavy atom. The van der Waals surface area contributed by atoms with E-state index >= 15 is 0 Å². The Balaban J connectivity index is 1.46. The molecule has 1 fully saturated rings. The molecule has 5 rings (SSSR count). The number of nitrogens with zero attached hydrogens (tertiary/aromatic N) is 4. The van der Waals surface area contributed by atoms with E-state index < -0.39 is 6.04 Å². The van der Waals surface area contributed by atoms with E-state index in [9.17, 15) is 9.59 Å². The van der Waals surface area contributed by atoms with Crippen LogP contribution in [-0.4, -0.2) is 64.0 Å². The van der Waals surface area contributed by atoms with Gasteiger partial charge in [0.25, 0.3) is 11.8 Å². The van der Waals surface area contributed by atoms with E-state index in [0.29, 0.717) is 39.6 Å². The maximum absolute atomic E-state index is 13.9. The average molecular weight is 605 g/mol. The molecule has 3 aromatic rings. The molecular formula is C32H40N6O4S. The zero-order valence-electron chi connectivity index (χ0n) is 25.3. The highest BCUT2D eigenvalue weighted by Gasteiger charge is 2.35. The molecule has 1 unspecified atom stereocenters. The van der Waals surface area contributed by atoms with Gasteiger partial charge in [0.2, 0.25) is 11.1 Å². The third kappa shape index (κ3) is 7.15. The highest BCUT2D eigenvalue weighted by molar-refractivity contribution is 7.99. The lowest BCUT2D eigenvalue weighted by Crippen LogP contribution is -2.38. The van der Waals surface area contributed by atoms with Crippen molar-refractivity contribution in [3.63, 3.8) is 0 Å². The molecule has 0 saturated carbocycles. The number of hydrogen-bond donors (Lipinski definition) is 2. The van der Waals surface area contributed by atoms with Crippen molar-refractivity contribution < 1.29 is 19.1 Å². The van der Waals surface area contributed by atoms with Crippen LogP contribution in [0.2, 0.25) is 0 Å². The van der Waals surface area contributed by atoms with Gasteiger partial charge in [-0.3, -0.25) is 9.59 Å². The molecule has 11 heteroatoms. The van der Waals surface area contributed by atoms with Crippen molar-refractivity contribution in [1.29, 1.82) is 0 Å². The number of hydrogen-bond acceptors (Lipinski definition) is 8. The molecule has 1 aromatic heterocycles. The van der Waals surface area contributed by atoms with Crippen molar-refractivity contribution in [2.24, 2.45) is 0 Å². The second-order valence-corrected chi connectivity index (χ2v) is 12.0. The number of likely N-dealkylation sites (tertiary alicyclic amines) is 1. The SMILES string of the molecule is CCCCSc1nc2n(n1)C(c1ccc(OCC(=O)N3CCCCC3)c(OC)c1)C(C(=O)Nc1cccc(C)c1)=C(C)N2. The van der Waals surface area contributed by atoms with Crippen LogP contribution >= 0.6 is 11.8 Å². The molecule has 0 bridgehead atoms. The van der Waals surface area contributed by atoms with Crippen molar-refractivity contribution in [1.82, 2.24) is 19.7 Å². The monoisotopic (exact) mass is 604 g/mol. The number of thioether (sulfide) groups is 1. The number of carbonyl (C=O) groups is 2. The van der Waals surface area contributed by atoms with E-state index in [0.717, 1.165) is 62.1 Å². The van der Waals surface area contributed by atoms with Crippen LogP contribution in [0.25, 0.3) is 0 Å². The van der Waals surface area contributed by atoms with Gasteiger partial charge in [0, 0.05) is 30.2 Å². The first-order chi connectivity index (χ1) is 20.9. The van der Waals surface area contributed by atoms with Gasteiger partial charge in [-0.2, -0.15) is 4.98 Å². The Morgan fingerprint density at radius 2 is 1.91 bits per heavy atom. The third-order valence-electron chi connectivity index (χ3n) is 7.65. The van der Waals surface area contributed by atoms with E-state index in [1.807, 2.05) is 55.1 Å². The number of piperidine rings is 1. The van der Waals surface area contributed by atoms with Crippen LogP contribution in [0.4, 0.5) is 11.6 Å². The van der Waals surface area contributed by atoms with Crippen LogP contribution in [0.5, 0.6) is 11.5 Å². The molecule has 2 aliphatic heterocycles. The first-order valence-electron chi connectivity index (χ1n) is 14.9. The minimum atomic E-state index is -0.577. The first kappa shape index (κ1) is 30.5. The van der Waals surface area contributed by atoms with Gasteiger partial charge in [-0.05, 0) is 74.9 Å². The molecule has 2 aromatic carbocycles. The summed E-state index contributed by atoms with van der Waals surface area (Å²) in [4.78, 5) is 33.2. The molecule has 2 amide bonds. The standard InChI is InChI=1S/C32H40N6O4S/c1-5-6-17-43-32-35-31-33-22(3)28(30(40)34-24-12-10-11-21(2)18-24)29(38(31)36-32)23-13-14-25(26(19-23)41-4)42-20-27(39)37-15-8-7-9-16-37/h10-14,18-19,29H,5-9,15-17,20H2,1-4H3,(H,34,40)(H,33,35,36). The molecule has 0 radical (unpaired) electrons. The predicted octanol–water partition coefficient (Wildman–Crippen LogP) is 5.81. The van der Waals surface area contributed by atoms with Gasteiger partial charge in [0.05, 0.1) is 12.7 Å². The zero-order valence-corrected chi connectivity index (χ0v) is 26.1. The summed E-state index contributed by atoms with van der Waals surface area (Å²) in [6.45, 7) is 7.50. The second kappa shape index (κ2) is 14.0. The van der Waals surface area contributed by atoms with E-state index in [1.165, 1.54) is 0 Å². The summed E-state index contributed by atoms with van der Waals surface area (Å²) >= 11 is 1.60. The van der Waals surface area contributed by atoms with Crippen molar-refractivity contribution in [2.75, 3.05) is 43.2 Å². The number of aromatic nitrogens is 3. The summed E-state index contributed by atoms with van der Waals surface area (Å²) in [5.74, 6) is 2.14. The van der Waals surface area contributed by atoms with Crippen LogP contribution in [0, 0.1) is 6.92 Å². The Hall–Kier alpha value is -3.99. The molecule has 228 valence electrons. The Morgan fingerprint density at radius 3 is 2.65 bits per heavy atom. The molecular weight excluding hydrogens is 564 g/mol. The fourth-order valence-corrected chi connectivity index (χ4v) is 6.28. The van der Waals surface area contributed by atoms with Gasteiger partial charge < -0.3 is 25.0 Å². The highest BCUT2D eigenvalue weighted by Crippen LogP contribution is 2.40. The minimum Gasteiger partial charge on any atom is -0.493 e. The zero-order chi connectivity index (χ0) is 30.3. The highest BCUT2D eigenvalue weighted by atomic mass is 32.2. The second-order valence-electron chi connectivity index (χ2n) is 10.9. The number of ether oxygens (including phenoxy) is 2.